The number of carboxylic acids is 1. The van der Waals surface area contributed by atoms with Crippen LogP contribution in [0, 0.1) is 0 Å². The minimum Gasteiger partial charge on any atom is -0.479 e. The van der Waals surface area contributed by atoms with Crippen LogP contribution in [0.25, 0.3) is 0 Å². The zero-order chi connectivity index (χ0) is 41.3. The molecule has 2 aromatic rings. The maximum Gasteiger partial charge on any atom is 0.339 e. The molecule has 18 nitrogen and oxygen atoms in total. The summed E-state index contributed by atoms with van der Waals surface area (Å²) in [6.45, 7) is 6.35. The van der Waals surface area contributed by atoms with Gasteiger partial charge in [-0.2, -0.15) is 0 Å². The third-order valence-corrected chi connectivity index (χ3v) is 8.72. The normalized spacial score (nSPS) is 29.6. The maximum absolute atomic E-state index is 13.9. The van der Waals surface area contributed by atoms with Gasteiger partial charge in [-0.25, -0.2) is 19.2 Å². The first kappa shape index (κ1) is 44.6. The first-order valence-corrected chi connectivity index (χ1v) is 18.1. The summed E-state index contributed by atoms with van der Waals surface area (Å²) in [6.07, 6.45) is -25.6. The van der Waals surface area contributed by atoms with E-state index in [1.165, 1.54) is 58.9 Å². The van der Waals surface area contributed by atoms with E-state index >= 15 is 0 Å². The number of hydrogen-bond acceptors (Lipinski definition) is 17. The Hall–Kier alpha value is -4.08. The predicted molar refractivity (Wildman–Crippen MR) is 188 cm³/mol. The van der Waals surface area contributed by atoms with Gasteiger partial charge in [-0.3, -0.25) is 0 Å². The lowest BCUT2D eigenvalue weighted by molar-refractivity contribution is -0.338. The first-order valence-electron chi connectivity index (χ1n) is 18.1. The van der Waals surface area contributed by atoms with Crippen LogP contribution in [0.3, 0.4) is 0 Å². The quantitative estimate of drug-likeness (QED) is 0.0900. The molecule has 0 aromatic heterocycles. The number of benzene rings is 2. The van der Waals surface area contributed by atoms with Crippen LogP contribution in [-0.4, -0.2) is 153 Å². The fraction of sp³-hybridized carbons (Fsp3) is 0.579. The van der Waals surface area contributed by atoms with Crippen molar-refractivity contribution < 1.29 is 87.7 Å². The van der Waals surface area contributed by atoms with Crippen LogP contribution in [-0.2, 0) is 58.7 Å². The van der Waals surface area contributed by atoms with E-state index in [0.717, 1.165) is 0 Å². The fourth-order valence-electron chi connectivity index (χ4n) is 5.92. The van der Waals surface area contributed by atoms with Crippen molar-refractivity contribution in [1.82, 2.24) is 0 Å². The largest absolute Gasteiger partial charge is 0.479 e. The molecule has 2 heterocycles. The summed E-state index contributed by atoms with van der Waals surface area (Å²) < 4.78 is 45.8. The summed E-state index contributed by atoms with van der Waals surface area (Å²) in [4.78, 5) is 53.7. The van der Waals surface area contributed by atoms with Crippen molar-refractivity contribution in [2.75, 3.05) is 6.61 Å². The lowest BCUT2D eigenvalue weighted by atomic mass is 9.97. The van der Waals surface area contributed by atoms with Crippen LogP contribution in [0.15, 0.2) is 60.7 Å². The van der Waals surface area contributed by atoms with E-state index in [1.54, 1.807) is 36.4 Å². The standard InChI is InChI=1S/C38H50O18/c1-18(2)49-35(47)30(55-37-28(43)27(42)25(40)20(5)51-37)31(36(48)50-19(3)4)56-38-32(54-34(46)22-14-10-7-11-15-22)29(26(41)24(17-39)53-38)52-23(33(44)45)16-21-12-8-6-9-13-21/h6-15,18-20,23-32,37-43H,16-17H2,1-5H3,(H,44,45)/t20-,23+,24+,25+,26-,27+,28-,29-,30+,31+,32+,37-,38-/m0/s1. The van der Waals surface area contributed by atoms with E-state index < -0.39 is 122 Å². The van der Waals surface area contributed by atoms with Crippen molar-refractivity contribution in [2.45, 2.75) is 133 Å². The van der Waals surface area contributed by atoms with Crippen molar-refractivity contribution in [1.29, 1.82) is 0 Å². The Kier molecular flexibility index (Phi) is 16.2. The smallest absolute Gasteiger partial charge is 0.339 e. The number of aliphatic hydroxyl groups excluding tert-OH is 5. The number of rotatable bonds is 17. The van der Waals surface area contributed by atoms with Crippen LogP contribution in [0.1, 0.15) is 50.5 Å². The third-order valence-electron chi connectivity index (χ3n) is 8.72. The van der Waals surface area contributed by atoms with Crippen LogP contribution in [0.5, 0.6) is 0 Å². The average Bonchev–Trinajstić information content (AvgIpc) is 3.15. The van der Waals surface area contributed by atoms with Gasteiger partial charge in [0, 0.05) is 6.42 Å². The topological polar surface area (TPSA) is 263 Å². The van der Waals surface area contributed by atoms with Crippen LogP contribution in [0.2, 0.25) is 0 Å². The van der Waals surface area contributed by atoms with Gasteiger partial charge in [0.1, 0.15) is 36.6 Å². The van der Waals surface area contributed by atoms with Gasteiger partial charge in [0.25, 0.3) is 0 Å². The highest BCUT2D eigenvalue weighted by Crippen LogP contribution is 2.32. The predicted octanol–water partition coefficient (Wildman–Crippen LogP) is -0.128. The monoisotopic (exact) mass is 794 g/mol. The van der Waals surface area contributed by atoms with Crippen LogP contribution < -0.4 is 0 Å². The van der Waals surface area contributed by atoms with E-state index in [1.807, 2.05) is 0 Å². The van der Waals surface area contributed by atoms with E-state index in [0.29, 0.717) is 5.56 Å². The van der Waals surface area contributed by atoms with Gasteiger partial charge in [0.2, 0.25) is 0 Å². The molecule has 0 bridgehead atoms. The Bertz CT molecular complexity index is 1570. The minimum absolute atomic E-state index is 0.00127. The van der Waals surface area contributed by atoms with Crippen molar-refractivity contribution in [2.24, 2.45) is 0 Å². The zero-order valence-corrected chi connectivity index (χ0v) is 31.4. The highest BCUT2D eigenvalue weighted by atomic mass is 16.8. The molecule has 6 N–H and O–H groups in total. The van der Waals surface area contributed by atoms with Crippen molar-refractivity contribution >= 4 is 23.9 Å². The molecule has 2 aromatic carbocycles. The number of ether oxygens (including phenoxy) is 8. The summed E-state index contributed by atoms with van der Waals surface area (Å²) in [7, 11) is 0. The molecule has 56 heavy (non-hydrogen) atoms. The molecule has 310 valence electrons. The molecular formula is C38H50O18. The minimum atomic E-state index is -2.24. The second-order valence-corrected chi connectivity index (χ2v) is 13.8. The maximum atomic E-state index is 13.9. The van der Waals surface area contributed by atoms with Gasteiger partial charge in [0.05, 0.1) is 30.5 Å². The van der Waals surface area contributed by atoms with Crippen molar-refractivity contribution in [3.63, 3.8) is 0 Å². The second kappa shape index (κ2) is 20.4. The number of carbonyl (C=O) groups excluding carboxylic acids is 3. The Balaban J connectivity index is 1.81. The highest BCUT2D eigenvalue weighted by Gasteiger charge is 2.54. The number of aliphatic hydroxyl groups is 5. The lowest BCUT2D eigenvalue weighted by Crippen LogP contribution is -2.64. The molecule has 2 saturated heterocycles. The molecule has 0 unspecified atom stereocenters. The number of carboxylic acid groups (broad SMARTS) is 1. The average molecular weight is 795 g/mol. The van der Waals surface area contributed by atoms with Crippen molar-refractivity contribution in [3.05, 3.63) is 71.8 Å². The molecule has 0 radical (unpaired) electrons. The Labute approximate surface area is 322 Å². The molecule has 18 heteroatoms. The molecule has 0 aliphatic carbocycles. The molecular weight excluding hydrogens is 744 g/mol. The Morgan fingerprint density at radius 3 is 1.73 bits per heavy atom. The van der Waals surface area contributed by atoms with Gasteiger partial charge in [-0.1, -0.05) is 48.5 Å². The van der Waals surface area contributed by atoms with Crippen LogP contribution in [0.4, 0.5) is 0 Å². The molecule has 2 aliphatic heterocycles. The summed E-state index contributed by atoms with van der Waals surface area (Å²) >= 11 is 0. The molecule has 4 rings (SSSR count). The lowest BCUT2D eigenvalue weighted by Gasteiger charge is -2.45. The molecule has 2 aliphatic rings. The molecule has 13 atom stereocenters. The summed E-state index contributed by atoms with van der Waals surface area (Å²) in [5, 5.41) is 63.4. The second-order valence-electron chi connectivity index (χ2n) is 13.8. The summed E-state index contributed by atoms with van der Waals surface area (Å²) in [6, 6.07) is 15.8. The number of carbonyl (C=O) groups is 4. The highest BCUT2D eigenvalue weighted by molar-refractivity contribution is 5.89. The van der Waals surface area contributed by atoms with E-state index in [-0.39, 0.29) is 12.0 Å². The van der Waals surface area contributed by atoms with Gasteiger partial charge in [-0.15, -0.1) is 0 Å². The number of aliphatic carboxylic acids is 1. The van der Waals surface area contributed by atoms with E-state index in [4.69, 9.17) is 37.9 Å². The zero-order valence-electron chi connectivity index (χ0n) is 31.4. The fourth-order valence-corrected chi connectivity index (χ4v) is 5.92. The first-order chi connectivity index (χ1) is 26.5. The molecule has 2 fully saturated rings. The summed E-state index contributed by atoms with van der Waals surface area (Å²) in [5.41, 5.74) is 0.531. The number of hydrogen-bond donors (Lipinski definition) is 6. The van der Waals surface area contributed by atoms with Gasteiger partial charge < -0.3 is 68.5 Å². The van der Waals surface area contributed by atoms with Crippen molar-refractivity contribution in [3.8, 4) is 0 Å². The Morgan fingerprint density at radius 2 is 1.21 bits per heavy atom. The van der Waals surface area contributed by atoms with Crippen LogP contribution >= 0.6 is 0 Å². The summed E-state index contributed by atoms with van der Waals surface area (Å²) in [5.74, 6) is -5.03. The van der Waals surface area contributed by atoms with Gasteiger partial charge >= 0.3 is 23.9 Å². The molecule has 0 saturated carbocycles. The van der Waals surface area contributed by atoms with E-state index in [9.17, 15) is 49.8 Å². The molecule has 0 spiro atoms. The van der Waals surface area contributed by atoms with Gasteiger partial charge in [-0.05, 0) is 52.3 Å². The number of esters is 3. The van der Waals surface area contributed by atoms with Gasteiger partial charge in [0.15, 0.2) is 37.0 Å². The van der Waals surface area contributed by atoms with E-state index in [2.05, 4.69) is 0 Å². The molecule has 0 amide bonds. The Morgan fingerprint density at radius 1 is 0.679 bits per heavy atom. The SMILES string of the molecule is CC(C)OC(=O)[C@H](O[C@@H]1O[C@@H](C)[C@@H](O)[C@@H](O)[C@@H]1O)[C@@H](O[C@@H]1O[C@H](CO)[C@H](O)[C@H](O[C@H](Cc2ccccc2)C(=O)O)[C@H]1OC(=O)c1ccccc1)C(=O)OC(C)C. The third kappa shape index (κ3) is 11.5.